The number of hydrazine groups is 1. The Morgan fingerprint density at radius 2 is 2.39 bits per heavy atom. The third-order valence-electron chi connectivity index (χ3n) is 2.08. The zero-order valence-electron chi connectivity index (χ0n) is 9.79. The van der Waals surface area contributed by atoms with E-state index in [0.717, 1.165) is 0 Å². The zero-order chi connectivity index (χ0) is 13.5. The molecule has 0 saturated carbocycles. The van der Waals surface area contributed by atoms with Crippen molar-refractivity contribution in [3.8, 4) is 0 Å². The van der Waals surface area contributed by atoms with E-state index in [9.17, 15) is 15.2 Å². The fourth-order valence-corrected chi connectivity index (χ4v) is 1.28. The Kier molecular flexibility index (Phi) is 5.24. The first-order chi connectivity index (χ1) is 8.58. The van der Waals surface area contributed by atoms with Crippen molar-refractivity contribution in [3.05, 3.63) is 22.2 Å². The van der Waals surface area contributed by atoms with E-state index in [2.05, 4.69) is 15.7 Å². The molecule has 1 aromatic heterocycles. The van der Waals surface area contributed by atoms with E-state index in [1.54, 1.807) is 0 Å². The molecule has 0 aliphatic rings. The fourth-order valence-electron chi connectivity index (χ4n) is 1.28. The lowest BCUT2D eigenvalue weighted by Crippen LogP contribution is -2.25. The molecule has 1 atom stereocenters. The largest absolute Gasteiger partial charge is 0.389 e. The van der Waals surface area contributed by atoms with Crippen LogP contribution in [-0.2, 0) is 4.74 Å². The Bertz CT molecular complexity index is 414. The van der Waals surface area contributed by atoms with Gasteiger partial charge in [0.25, 0.3) is 0 Å². The van der Waals surface area contributed by atoms with Gasteiger partial charge >= 0.3 is 5.69 Å². The molecule has 0 aromatic carbocycles. The first-order valence-electron chi connectivity index (χ1n) is 5.11. The minimum absolute atomic E-state index is 0.0330. The highest BCUT2D eigenvalue weighted by Gasteiger charge is 2.16. The van der Waals surface area contributed by atoms with Gasteiger partial charge < -0.3 is 20.6 Å². The quantitative estimate of drug-likeness (QED) is 0.297. The van der Waals surface area contributed by atoms with Crippen LogP contribution in [0, 0.1) is 10.1 Å². The van der Waals surface area contributed by atoms with Crippen molar-refractivity contribution in [3.63, 3.8) is 0 Å². The Morgan fingerprint density at radius 1 is 1.67 bits per heavy atom. The normalized spacial score (nSPS) is 11.9. The topological polar surface area (TPSA) is 136 Å². The molecular weight excluding hydrogens is 242 g/mol. The number of hydrogen-bond donors (Lipinski definition) is 4. The molecule has 0 radical (unpaired) electrons. The average Bonchev–Trinajstić information content (AvgIpc) is 2.36. The number of anilines is 2. The van der Waals surface area contributed by atoms with E-state index in [1.165, 1.54) is 19.2 Å². The number of hydrogen-bond acceptors (Lipinski definition) is 8. The van der Waals surface area contributed by atoms with Crippen molar-refractivity contribution < 1.29 is 14.8 Å². The zero-order valence-corrected chi connectivity index (χ0v) is 9.79. The molecule has 0 amide bonds. The molecule has 0 fully saturated rings. The number of aromatic nitrogens is 1. The molecule has 5 N–H and O–H groups in total. The highest BCUT2D eigenvalue weighted by atomic mass is 16.6. The lowest BCUT2D eigenvalue weighted by molar-refractivity contribution is -0.384. The molecule has 1 rings (SSSR count). The van der Waals surface area contributed by atoms with Crippen LogP contribution in [0.15, 0.2) is 12.1 Å². The van der Waals surface area contributed by atoms with E-state index in [-0.39, 0.29) is 30.5 Å². The van der Waals surface area contributed by atoms with E-state index in [4.69, 9.17) is 10.6 Å². The maximum Gasteiger partial charge on any atom is 0.311 e. The van der Waals surface area contributed by atoms with Gasteiger partial charge in [0.05, 0.1) is 17.6 Å². The second kappa shape index (κ2) is 6.69. The standard InChI is InChI=1S/C9H15N5O4/c1-18-5-6(15)4-11-9-7(14(16)17)2-3-8(12-9)13-10/h2-3,6,15H,4-5,10H2,1H3,(H2,11,12,13). The molecule has 0 bridgehead atoms. The van der Waals surface area contributed by atoms with Crippen LogP contribution in [0.3, 0.4) is 0 Å². The highest BCUT2D eigenvalue weighted by Crippen LogP contribution is 2.23. The van der Waals surface area contributed by atoms with Gasteiger partial charge in [-0.3, -0.25) is 10.1 Å². The van der Waals surface area contributed by atoms with Crippen molar-refractivity contribution in [1.29, 1.82) is 0 Å². The van der Waals surface area contributed by atoms with Crippen LogP contribution in [0.4, 0.5) is 17.3 Å². The number of aliphatic hydroxyl groups is 1. The van der Waals surface area contributed by atoms with Crippen LogP contribution >= 0.6 is 0 Å². The van der Waals surface area contributed by atoms with Crippen molar-refractivity contribution in [2.75, 3.05) is 31.0 Å². The maximum absolute atomic E-state index is 10.8. The van der Waals surface area contributed by atoms with Crippen LogP contribution < -0.4 is 16.6 Å². The molecule has 100 valence electrons. The van der Waals surface area contributed by atoms with E-state index in [0.29, 0.717) is 0 Å². The smallest absolute Gasteiger partial charge is 0.311 e. The predicted octanol–water partition coefficient (Wildman–Crippen LogP) is -0.305. The van der Waals surface area contributed by atoms with Gasteiger partial charge in [-0.2, -0.15) is 0 Å². The monoisotopic (exact) mass is 257 g/mol. The van der Waals surface area contributed by atoms with Gasteiger partial charge in [0.15, 0.2) is 0 Å². The summed E-state index contributed by atoms with van der Waals surface area (Å²) in [5, 5.41) is 22.9. The van der Waals surface area contributed by atoms with Crippen LogP contribution in [0.25, 0.3) is 0 Å². The van der Waals surface area contributed by atoms with Crippen molar-refractivity contribution >= 4 is 17.3 Å². The maximum atomic E-state index is 10.8. The highest BCUT2D eigenvalue weighted by molar-refractivity contribution is 5.59. The SMILES string of the molecule is COCC(O)CNc1nc(NN)ccc1[N+](=O)[O-]. The second-order valence-electron chi connectivity index (χ2n) is 3.46. The number of nitrogens with zero attached hydrogens (tertiary/aromatic N) is 2. The van der Waals surface area contributed by atoms with Gasteiger partial charge in [-0.1, -0.05) is 0 Å². The second-order valence-corrected chi connectivity index (χ2v) is 3.46. The molecule has 0 saturated heterocycles. The van der Waals surface area contributed by atoms with Gasteiger partial charge in [-0.05, 0) is 6.07 Å². The molecular formula is C9H15N5O4. The van der Waals surface area contributed by atoms with Gasteiger partial charge in [-0.15, -0.1) is 0 Å². The third-order valence-corrected chi connectivity index (χ3v) is 2.08. The van der Waals surface area contributed by atoms with Crippen LogP contribution in [0.1, 0.15) is 0 Å². The number of nitrogens with one attached hydrogen (secondary N) is 2. The minimum Gasteiger partial charge on any atom is -0.389 e. The third kappa shape index (κ3) is 3.80. The van der Waals surface area contributed by atoms with Gasteiger partial charge in [-0.25, -0.2) is 10.8 Å². The van der Waals surface area contributed by atoms with Crippen molar-refractivity contribution in [2.24, 2.45) is 5.84 Å². The van der Waals surface area contributed by atoms with Crippen LogP contribution in [0.2, 0.25) is 0 Å². The number of nitrogen functional groups attached to an aromatic ring is 1. The average molecular weight is 257 g/mol. The number of nitrogens with two attached hydrogens (primary N) is 1. The van der Waals surface area contributed by atoms with Crippen LogP contribution in [0.5, 0.6) is 0 Å². The van der Waals surface area contributed by atoms with E-state index >= 15 is 0 Å². The number of nitro groups is 1. The van der Waals surface area contributed by atoms with E-state index < -0.39 is 11.0 Å². The Labute approximate surface area is 103 Å². The first-order valence-corrected chi connectivity index (χ1v) is 5.11. The summed E-state index contributed by atoms with van der Waals surface area (Å²) < 4.78 is 4.74. The summed E-state index contributed by atoms with van der Waals surface area (Å²) in [6.45, 7) is 0.200. The lowest BCUT2D eigenvalue weighted by Gasteiger charge is -2.11. The summed E-state index contributed by atoms with van der Waals surface area (Å²) in [5.41, 5.74) is 2.09. The molecule has 0 aliphatic heterocycles. The number of aliphatic hydroxyl groups excluding tert-OH is 1. The number of pyridine rings is 1. The Hall–Kier alpha value is -1.97. The summed E-state index contributed by atoms with van der Waals surface area (Å²) in [6, 6.07) is 2.65. The molecule has 9 nitrogen and oxygen atoms in total. The first kappa shape index (κ1) is 14.1. The molecule has 1 aromatic rings. The Balaban J connectivity index is 2.80. The summed E-state index contributed by atoms with van der Waals surface area (Å²) in [5.74, 6) is 5.48. The fraction of sp³-hybridized carbons (Fsp3) is 0.444. The van der Waals surface area contributed by atoms with Crippen molar-refractivity contribution in [2.45, 2.75) is 6.10 Å². The minimum atomic E-state index is -0.786. The summed E-state index contributed by atoms with van der Waals surface area (Å²) in [6.07, 6.45) is -0.786. The predicted molar refractivity (Wildman–Crippen MR) is 65.1 cm³/mol. The van der Waals surface area contributed by atoms with E-state index in [1.807, 2.05) is 0 Å². The molecule has 18 heavy (non-hydrogen) atoms. The van der Waals surface area contributed by atoms with Gasteiger partial charge in [0, 0.05) is 19.7 Å². The van der Waals surface area contributed by atoms with Crippen LogP contribution in [-0.4, -0.2) is 41.4 Å². The summed E-state index contributed by atoms with van der Waals surface area (Å²) in [7, 11) is 1.45. The molecule has 9 heteroatoms. The molecule has 0 aliphatic carbocycles. The lowest BCUT2D eigenvalue weighted by atomic mass is 10.3. The number of rotatable bonds is 7. The number of methoxy groups -OCH3 is 1. The van der Waals surface area contributed by atoms with Gasteiger partial charge in [0.2, 0.25) is 5.82 Å². The summed E-state index contributed by atoms with van der Waals surface area (Å²) in [4.78, 5) is 14.1. The molecule has 0 spiro atoms. The summed E-state index contributed by atoms with van der Waals surface area (Å²) >= 11 is 0. The molecule has 1 unspecified atom stereocenters. The molecule has 1 heterocycles. The van der Waals surface area contributed by atoms with Crippen molar-refractivity contribution in [1.82, 2.24) is 4.98 Å². The number of ether oxygens (including phenoxy) is 1. The van der Waals surface area contributed by atoms with Gasteiger partial charge in [0.1, 0.15) is 5.82 Å². The Morgan fingerprint density at radius 3 is 2.94 bits per heavy atom.